The number of nitrogen functional groups attached to an aromatic ring is 1. The quantitative estimate of drug-likeness (QED) is 0.547. The lowest BCUT2D eigenvalue weighted by molar-refractivity contribution is -0.120. The number of carbonyl (C=O) groups is 1. The molecule has 1 amide bonds. The van der Waals surface area contributed by atoms with Crippen molar-refractivity contribution in [2.45, 2.75) is 18.3 Å². The van der Waals surface area contributed by atoms with Gasteiger partial charge in [0.05, 0.1) is 5.41 Å². The lowest BCUT2D eigenvalue weighted by Crippen LogP contribution is -2.35. The van der Waals surface area contributed by atoms with Gasteiger partial charge < -0.3 is 11.1 Å². The van der Waals surface area contributed by atoms with E-state index in [4.69, 9.17) is 5.73 Å². The number of fused-ring (bicyclic) bond motifs is 3. The zero-order chi connectivity index (χ0) is 13.9. The van der Waals surface area contributed by atoms with Gasteiger partial charge in [0, 0.05) is 21.0 Å². The summed E-state index contributed by atoms with van der Waals surface area (Å²) in [7, 11) is 0. The van der Waals surface area contributed by atoms with E-state index in [1.165, 1.54) is 11.1 Å². The Hall–Kier alpha value is -1.63. The van der Waals surface area contributed by atoms with Gasteiger partial charge in [0.15, 0.2) is 0 Å². The third-order valence-electron chi connectivity index (χ3n) is 4.29. The van der Waals surface area contributed by atoms with E-state index in [-0.39, 0.29) is 5.91 Å². The van der Waals surface area contributed by atoms with E-state index in [1.807, 2.05) is 18.2 Å². The Morgan fingerprint density at radius 3 is 2.85 bits per heavy atom. The molecule has 0 bridgehead atoms. The van der Waals surface area contributed by atoms with Crippen molar-refractivity contribution in [3.63, 3.8) is 0 Å². The van der Waals surface area contributed by atoms with E-state index < -0.39 is 5.41 Å². The molecule has 1 aromatic carbocycles. The maximum absolute atomic E-state index is 12.5. The average molecular weight is 377 g/mol. The Morgan fingerprint density at radius 2 is 2.05 bits per heavy atom. The molecule has 0 unspecified atom stereocenters. The summed E-state index contributed by atoms with van der Waals surface area (Å²) in [5, 5.41) is 2.91. The van der Waals surface area contributed by atoms with Crippen LogP contribution in [-0.2, 0) is 23.1 Å². The van der Waals surface area contributed by atoms with Crippen molar-refractivity contribution in [1.82, 2.24) is 4.98 Å². The van der Waals surface area contributed by atoms with Gasteiger partial charge in [-0.05, 0) is 64.8 Å². The highest BCUT2D eigenvalue weighted by atomic mass is 127. The molecule has 1 spiro atoms. The number of benzene rings is 1. The summed E-state index contributed by atoms with van der Waals surface area (Å²) >= 11 is 2.24. The van der Waals surface area contributed by atoms with E-state index in [1.54, 1.807) is 6.20 Å². The number of nitrogens with two attached hydrogens (primary N) is 1. The molecule has 0 saturated heterocycles. The van der Waals surface area contributed by atoms with Crippen LogP contribution in [-0.4, -0.2) is 10.9 Å². The minimum atomic E-state index is -0.497. The van der Waals surface area contributed by atoms with E-state index in [0.717, 1.165) is 21.2 Å². The second kappa shape index (κ2) is 3.94. The van der Waals surface area contributed by atoms with E-state index in [9.17, 15) is 4.79 Å². The van der Waals surface area contributed by atoms with E-state index in [2.05, 4.69) is 39.0 Å². The van der Waals surface area contributed by atoms with Crippen LogP contribution in [0.2, 0.25) is 0 Å². The van der Waals surface area contributed by atoms with Crippen LogP contribution in [0.25, 0.3) is 0 Å². The van der Waals surface area contributed by atoms with Gasteiger partial charge in [0.2, 0.25) is 5.91 Å². The average Bonchev–Trinajstić information content (AvgIpc) is 2.91. The molecule has 4 rings (SSSR count). The number of rotatable bonds is 0. The molecule has 4 nitrogen and oxygen atoms in total. The predicted molar refractivity (Wildman–Crippen MR) is 85.5 cm³/mol. The van der Waals surface area contributed by atoms with Crippen molar-refractivity contribution >= 4 is 40.0 Å². The second-order valence-corrected chi connectivity index (χ2v) is 6.59. The highest BCUT2D eigenvalue weighted by Crippen LogP contribution is 2.47. The highest BCUT2D eigenvalue weighted by molar-refractivity contribution is 14.1. The molecule has 5 heteroatoms. The standard InChI is InChI=1S/C15H12IN3O/c16-11-4-8-6-15(7-9(8)5-12(11)17)10-2-1-3-18-13(10)19-14(15)20/h1-5H,6-7,17H2,(H,18,19,20)/t15-/m1/s1. The molecule has 0 radical (unpaired) electrons. The predicted octanol–water partition coefficient (Wildman–Crippen LogP) is 2.26. The fourth-order valence-corrected chi connectivity index (χ4v) is 3.84. The normalized spacial score (nSPS) is 22.8. The summed E-state index contributed by atoms with van der Waals surface area (Å²) in [4.78, 5) is 16.8. The van der Waals surface area contributed by atoms with Crippen molar-refractivity contribution in [2.75, 3.05) is 11.1 Å². The summed E-state index contributed by atoms with van der Waals surface area (Å²) in [6.07, 6.45) is 3.14. The largest absolute Gasteiger partial charge is 0.398 e. The maximum Gasteiger partial charge on any atom is 0.237 e. The van der Waals surface area contributed by atoms with Crippen LogP contribution in [0.5, 0.6) is 0 Å². The lowest BCUT2D eigenvalue weighted by Gasteiger charge is -2.20. The Morgan fingerprint density at radius 1 is 1.30 bits per heavy atom. The number of nitrogens with one attached hydrogen (secondary N) is 1. The molecule has 1 aliphatic heterocycles. The number of halogens is 1. The first-order valence-electron chi connectivity index (χ1n) is 6.44. The maximum atomic E-state index is 12.5. The van der Waals surface area contributed by atoms with Gasteiger partial charge in [-0.15, -0.1) is 0 Å². The molecular weight excluding hydrogens is 365 g/mol. The second-order valence-electron chi connectivity index (χ2n) is 5.43. The Balaban J connectivity index is 1.88. The van der Waals surface area contributed by atoms with Crippen LogP contribution in [0.1, 0.15) is 16.7 Å². The van der Waals surface area contributed by atoms with Crippen molar-refractivity contribution in [3.05, 3.63) is 50.7 Å². The summed E-state index contributed by atoms with van der Waals surface area (Å²) < 4.78 is 1.04. The van der Waals surface area contributed by atoms with Crippen LogP contribution < -0.4 is 11.1 Å². The molecule has 1 atom stereocenters. The van der Waals surface area contributed by atoms with Gasteiger partial charge >= 0.3 is 0 Å². The summed E-state index contributed by atoms with van der Waals surface area (Å²) in [5.74, 6) is 0.754. The number of carbonyl (C=O) groups excluding carboxylic acids is 1. The number of amides is 1. The van der Waals surface area contributed by atoms with Gasteiger partial charge in [0.25, 0.3) is 0 Å². The van der Waals surface area contributed by atoms with Gasteiger partial charge in [-0.1, -0.05) is 6.07 Å². The number of anilines is 2. The van der Waals surface area contributed by atoms with Crippen LogP contribution in [0.3, 0.4) is 0 Å². The molecule has 1 aliphatic carbocycles. The zero-order valence-electron chi connectivity index (χ0n) is 10.6. The molecular formula is C15H12IN3O. The zero-order valence-corrected chi connectivity index (χ0v) is 12.8. The first-order chi connectivity index (χ1) is 9.60. The third-order valence-corrected chi connectivity index (χ3v) is 5.23. The Labute approximate surface area is 129 Å². The first kappa shape index (κ1) is 12.1. The lowest BCUT2D eigenvalue weighted by atomic mass is 9.79. The topological polar surface area (TPSA) is 68.0 Å². The minimum Gasteiger partial charge on any atom is -0.398 e. The molecule has 2 aromatic rings. The van der Waals surface area contributed by atoms with Crippen molar-refractivity contribution < 1.29 is 4.79 Å². The van der Waals surface area contributed by atoms with Crippen LogP contribution in [0.4, 0.5) is 11.5 Å². The molecule has 1 aromatic heterocycles. The summed E-state index contributed by atoms with van der Waals surface area (Å²) in [6.45, 7) is 0. The van der Waals surface area contributed by atoms with E-state index in [0.29, 0.717) is 12.2 Å². The molecule has 3 N–H and O–H groups in total. The van der Waals surface area contributed by atoms with Crippen LogP contribution in [0, 0.1) is 3.57 Å². The van der Waals surface area contributed by atoms with E-state index >= 15 is 0 Å². The number of pyridine rings is 1. The fraction of sp³-hybridized carbons (Fsp3) is 0.200. The van der Waals surface area contributed by atoms with Crippen molar-refractivity contribution in [2.24, 2.45) is 0 Å². The minimum absolute atomic E-state index is 0.0518. The number of aromatic nitrogens is 1. The highest BCUT2D eigenvalue weighted by Gasteiger charge is 2.51. The fourth-order valence-electron chi connectivity index (χ4n) is 3.31. The number of nitrogens with zero attached hydrogens (tertiary/aromatic N) is 1. The van der Waals surface area contributed by atoms with Crippen LogP contribution >= 0.6 is 22.6 Å². The molecule has 0 saturated carbocycles. The molecule has 100 valence electrons. The first-order valence-corrected chi connectivity index (χ1v) is 7.52. The molecule has 2 heterocycles. The van der Waals surface area contributed by atoms with Gasteiger partial charge in [0.1, 0.15) is 5.82 Å². The summed E-state index contributed by atoms with van der Waals surface area (Å²) in [5.41, 5.74) is 9.68. The number of hydrogen-bond donors (Lipinski definition) is 2. The van der Waals surface area contributed by atoms with Gasteiger partial charge in [-0.2, -0.15) is 0 Å². The van der Waals surface area contributed by atoms with Crippen molar-refractivity contribution in [1.29, 1.82) is 0 Å². The summed E-state index contributed by atoms with van der Waals surface area (Å²) in [6, 6.07) is 8.00. The smallest absolute Gasteiger partial charge is 0.237 e. The Bertz CT molecular complexity index is 726. The number of hydrogen-bond acceptors (Lipinski definition) is 3. The molecule has 2 aliphatic rings. The third kappa shape index (κ3) is 1.47. The van der Waals surface area contributed by atoms with Crippen molar-refractivity contribution in [3.8, 4) is 0 Å². The van der Waals surface area contributed by atoms with Gasteiger partial charge in [-0.25, -0.2) is 4.98 Å². The Kier molecular flexibility index (Phi) is 2.39. The molecule has 20 heavy (non-hydrogen) atoms. The SMILES string of the molecule is Nc1cc2c(cc1I)C[C@]1(C2)C(=O)Nc2ncccc21. The van der Waals surface area contributed by atoms with Crippen LogP contribution in [0.15, 0.2) is 30.5 Å². The molecule has 0 fully saturated rings. The monoisotopic (exact) mass is 377 g/mol. The van der Waals surface area contributed by atoms with Gasteiger partial charge in [-0.3, -0.25) is 4.79 Å².